The molecule has 2 rings (SSSR count). The van der Waals surface area contributed by atoms with Crippen molar-refractivity contribution in [1.29, 1.82) is 0 Å². The van der Waals surface area contributed by atoms with Crippen LogP contribution in [0.4, 0.5) is 0 Å². The first-order valence-electron chi connectivity index (χ1n) is 5.45. The standard InChI is InChI=1S/C15H12BrClO/c1-18-15-6-4-11(5-7-15)2-3-12-8-13(16)10-14(17)9-12/h2-10H,1H3/b3-2+. The van der Waals surface area contributed by atoms with Gasteiger partial charge in [0.2, 0.25) is 0 Å². The lowest BCUT2D eigenvalue weighted by Crippen LogP contribution is -1.81. The van der Waals surface area contributed by atoms with Crippen molar-refractivity contribution in [3.8, 4) is 5.75 Å². The number of rotatable bonds is 3. The summed E-state index contributed by atoms with van der Waals surface area (Å²) in [5, 5.41) is 0.721. The van der Waals surface area contributed by atoms with Crippen molar-refractivity contribution in [2.24, 2.45) is 0 Å². The molecule has 3 heteroatoms. The van der Waals surface area contributed by atoms with Crippen molar-refractivity contribution in [2.45, 2.75) is 0 Å². The Balaban J connectivity index is 2.18. The fraction of sp³-hybridized carbons (Fsp3) is 0.0667. The van der Waals surface area contributed by atoms with Gasteiger partial charge in [-0.1, -0.05) is 51.8 Å². The average molecular weight is 324 g/mol. The van der Waals surface area contributed by atoms with E-state index in [1.807, 2.05) is 54.6 Å². The van der Waals surface area contributed by atoms with Crippen molar-refractivity contribution in [3.63, 3.8) is 0 Å². The molecule has 0 aromatic heterocycles. The van der Waals surface area contributed by atoms with Gasteiger partial charge >= 0.3 is 0 Å². The predicted octanol–water partition coefficient (Wildman–Crippen LogP) is 5.28. The Hall–Kier alpha value is -1.25. The highest BCUT2D eigenvalue weighted by atomic mass is 79.9. The van der Waals surface area contributed by atoms with Gasteiger partial charge in [0.15, 0.2) is 0 Å². The van der Waals surface area contributed by atoms with E-state index < -0.39 is 0 Å². The van der Waals surface area contributed by atoms with Gasteiger partial charge in [-0.25, -0.2) is 0 Å². The van der Waals surface area contributed by atoms with E-state index in [1.165, 1.54) is 0 Å². The zero-order valence-corrected chi connectivity index (χ0v) is 12.2. The highest BCUT2D eigenvalue weighted by Gasteiger charge is 1.95. The lowest BCUT2D eigenvalue weighted by molar-refractivity contribution is 0.415. The lowest BCUT2D eigenvalue weighted by atomic mass is 10.1. The zero-order valence-electron chi connectivity index (χ0n) is 9.86. The van der Waals surface area contributed by atoms with E-state index in [4.69, 9.17) is 16.3 Å². The van der Waals surface area contributed by atoms with Crippen LogP contribution >= 0.6 is 27.5 Å². The zero-order chi connectivity index (χ0) is 13.0. The minimum Gasteiger partial charge on any atom is -0.497 e. The SMILES string of the molecule is COc1ccc(/C=C/c2cc(Cl)cc(Br)c2)cc1. The van der Waals surface area contributed by atoms with E-state index in [0.717, 1.165) is 26.4 Å². The van der Waals surface area contributed by atoms with Crippen molar-refractivity contribution in [2.75, 3.05) is 7.11 Å². The van der Waals surface area contributed by atoms with E-state index in [2.05, 4.69) is 15.9 Å². The molecule has 0 fully saturated rings. The van der Waals surface area contributed by atoms with Gasteiger partial charge in [0.25, 0.3) is 0 Å². The summed E-state index contributed by atoms with van der Waals surface area (Å²) >= 11 is 9.41. The van der Waals surface area contributed by atoms with Crippen molar-refractivity contribution in [1.82, 2.24) is 0 Å². The first-order chi connectivity index (χ1) is 8.67. The molecule has 0 aliphatic rings. The molecule has 0 heterocycles. The molecule has 1 nitrogen and oxygen atoms in total. The molecule has 0 unspecified atom stereocenters. The van der Waals surface area contributed by atoms with Crippen LogP contribution in [-0.2, 0) is 0 Å². The molecule has 0 bridgehead atoms. The average Bonchev–Trinajstić information content (AvgIpc) is 2.36. The van der Waals surface area contributed by atoms with Crippen LogP contribution in [0.1, 0.15) is 11.1 Å². The minimum atomic E-state index is 0.721. The molecular weight excluding hydrogens is 312 g/mol. The molecular formula is C15H12BrClO. The first-order valence-corrected chi connectivity index (χ1v) is 6.63. The second kappa shape index (κ2) is 6.07. The first kappa shape index (κ1) is 13.2. The van der Waals surface area contributed by atoms with E-state index in [1.54, 1.807) is 7.11 Å². The summed E-state index contributed by atoms with van der Waals surface area (Å²) in [7, 11) is 1.66. The molecule has 92 valence electrons. The van der Waals surface area contributed by atoms with Gasteiger partial charge in [-0.15, -0.1) is 0 Å². The maximum absolute atomic E-state index is 5.99. The van der Waals surface area contributed by atoms with Gasteiger partial charge in [0.1, 0.15) is 5.75 Å². The molecule has 0 radical (unpaired) electrons. The van der Waals surface area contributed by atoms with Crippen LogP contribution in [0.2, 0.25) is 5.02 Å². The molecule has 2 aromatic carbocycles. The number of hydrogen-bond acceptors (Lipinski definition) is 1. The van der Waals surface area contributed by atoms with E-state index in [0.29, 0.717) is 0 Å². The number of halogens is 2. The molecule has 2 aromatic rings. The van der Waals surface area contributed by atoms with Crippen LogP contribution in [0.5, 0.6) is 5.75 Å². The number of ether oxygens (including phenoxy) is 1. The van der Waals surface area contributed by atoms with Crippen molar-refractivity contribution < 1.29 is 4.74 Å². The summed E-state index contributed by atoms with van der Waals surface area (Å²) < 4.78 is 6.09. The summed E-state index contributed by atoms with van der Waals surface area (Å²) in [5.74, 6) is 0.859. The van der Waals surface area contributed by atoms with Gasteiger partial charge in [0.05, 0.1) is 7.11 Å². The molecule has 0 aliphatic carbocycles. The third-order valence-corrected chi connectivity index (χ3v) is 3.14. The molecule has 0 spiro atoms. The molecule has 0 saturated heterocycles. The Morgan fingerprint density at radius 2 is 1.67 bits per heavy atom. The van der Waals surface area contributed by atoms with E-state index in [9.17, 15) is 0 Å². The summed E-state index contributed by atoms with van der Waals surface area (Å²) in [6.45, 7) is 0. The Morgan fingerprint density at radius 3 is 2.28 bits per heavy atom. The van der Waals surface area contributed by atoms with E-state index in [-0.39, 0.29) is 0 Å². The topological polar surface area (TPSA) is 9.23 Å². The van der Waals surface area contributed by atoms with Gasteiger partial charge in [-0.3, -0.25) is 0 Å². The van der Waals surface area contributed by atoms with Gasteiger partial charge in [-0.05, 0) is 41.5 Å². The Labute approximate surface area is 120 Å². The van der Waals surface area contributed by atoms with E-state index >= 15 is 0 Å². The lowest BCUT2D eigenvalue weighted by Gasteiger charge is -2.00. The van der Waals surface area contributed by atoms with Crippen LogP contribution in [0.25, 0.3) is 12.2 Å². The Kier molecular flexibility index (Phi) is 4.45. The maximum atomic E-state index is 5.99. The fourth-order valence-electron chi connectivity index (χ4n) is 1.58. The third-order valence-electron chi connectivity index (χ3n) is 2.47. The predicted molar refractivity (Wildman–Crippen MR) is 81.1 cm³/mol. The summed E-state index contributed by atoms with van der Waals surface area (Å²) in [4.78, 5) is 0. The van der Waals surface area contributed by atoms with Gasteiger partial charge < -0.3 is 4.74 Å². The number of hydrogen-bond donors (Lipinski definition) is 0. The van der Waals surface area contributed by atoms with Gasteiger partial charge in [0, 0.05) is 9.50 Å². The van der Waals surface area contributed by atoms with Crippen LogP contribution in [0.3, 0.4) is 0 Å². The Bertz CT molecular complexity index is 541. The normalized spacial score (nSPS) is 10.8. The van der Waals surface area contributed by atoms with Crippen molar-refractivity contribution >= 4 is 39.7 Å². The fourth-order valence-corrected chi connectivity index (χ4v) is 2.47. The van der Waals surface area contributed by atoms with Crippen molar-refractivity contribution in [3.05, 3.63) is 63.1 Å². The van der Waals surface area contributed by atoms with Crippen LogP contribution in [0, 0.1) is 0 Å². The molecule has 0 saturated carbocycles. The smallest absolute Gasteiger partial charge is 0.118 e. The maximum Gasteiger partial charge on any atom is 0.118 e. The number of benzene rings is 2. The van der Waals surface area contributed by atoms with Gasteiger partial charge in [-0.2, -0.15) is 0 Å². The Morgan fingerprint density at radius 1 is 1.00 bits per heavy atom. The quantitative estimate of drug-likeness (QED) is 0.698. The highest BCUT2D eigenvalue weighted by Crippen LogP contribution is 2.21. The van der Waals surface area contributed by atoms with Crippen LogP contribution in [0.15, 0.2) is 46.9 Å². The molecule has 18 heavy (non-hydrogen) atoms. The van der Waals surface area contributed by atoms with Crippen LogP contribution in [-0.4, -0.2) is 7.11 Å². The minimum absolute atomic E-state index is 0.721. The second-order valence-electron chi connectivity index (χ2n) is 3.81. The molecule has 0 N–H and O–H groups in total. The third kappa shape index (κ3) is 3.62. The second-order valence-corrected chi connectivity index (χ2v) is 5.16. The summed E-state index contributed by atoms with van der Waals surface area (Å²) in [6, 6.07) is 13.7. The number of methoxy groups -OCH3 is 1. The highest BCUT2D eigenvalue weighted by molar-refractivity contribution is 9.10. The summed E-state index contributed by atoms with van der Waals surface area (Å²) in [5.41, 5.74) is 2.18. The monoisotopic (exact) mass is 322 g/mol. The summed E-state index contributed by atoms with van der Waals surface area (Å²) in [6.07, 6.45) is 4.07. The molecule has 0 amide bonds. The molecule has 0 atom stereocenters. The van der Waals surface area contributed by atoms with Crippen LogP contribution < -0.4 is 4.74 Å². The largest absolute Gasteiger partial charge is 0.497 e. The molecule has 0 aliphatic heterocycles.